The summed E-state index contributed by atoms with van der Waals surface area (Å²) in [5, 5.41) is 10.6. The first-order valence-electron chi connectivity index (χ1n) is 40.9. The SMILES string of the molecule is CCCCCCCCCCC(=O)OC[C@H](COP(=O)(O)OC[C@H](O)COP(=O)(O)OC[C@@H](COC(=O)CCCCCCCCCCCCCCCCC(C)CC)OC(=O)CCCCCCCCCCCCCCCCC(C)CC)OC(=O)CCCCCCCCCCCCCC(C)C. The fourth-order valence-corrected chi connectivity index (χ4v) is 13.6. The predicted octanol–water partition coefficient (Wildman–Crippen LogP) is 23.4. The maximum absolute atomic E-state index is 13.1. The number of rotatable bonds is 77. The fraction of sp³-hybridized carbons (Fsp3) is 0.949. The molecule has 0 aromatic rings. The molecule has 7 atom stereocenters. The van der Waals surface area contributed by atoms with Crippen molar-refractivity contribution in [2.24, 2.45) is 17.8 Å². The number of aliphatic hydroxyl groups is 1. The van der Waals surface area contributed by atoms with Crippen LogP contribution in [0.5, 0.6) is 0 Å². The Bertz CT molecular complexity index is 1910. The molecule has 17 nitrogen and oxygen atoms in total. The molecule has 0 radical (unpaired) electrons. The predicted molar refractivity (Wildman–Crippen MR) is 400 cm³/mol. The van der Waals surface area contributed by atoms with Gasteiger partial charge in [-0.15, -0.1) is 0 Å². The number of carbonyl (C=O) groups excluding carboxylic acids is 4. The highest BCUT2D eigenvalue weighted by Gasteiger charge is 2.30. The highest BCUT2D eigenvalue weighted by Crippen LogP contribution is 2.45. The molecule has 0 spiro atoms. The molecule has 4 unspecified atom stereocenters. The first-order chi connectivity index (χ1) is 47.3. The van der Waals surface area contributed by atoms with Crippen LogP contribution in [0.3, 0.4) is 0 Å². The van der Waals surface area contributed by atoms with Gasteiger partial charge in [0.25, 0.3) is 0 Å². The van der Waals surface area contributed by atoms with E-state index in [1.807, 2.05) is 0 Å². The first-order valence-corrected chi connectivity index (χ1v) is 43.9. The molecule has 0 aromatic heterocycles. The van der Waals surface area contributed by atoms with E-state index in [0.717, 1.165) is 114 Å². The number of aliphatic hydroxyl groups excluding tert-OH is 1. The maximum atomic E-state index is 13.1. The van der Waals surface area contributed by atoms with Gasteiger partial charge >= 0.3 is 39.5 Å². The third-order valence-corrected chi connectivity index (χ3v) is 21.0. The average Bonchev–Trinajstić information content (AvgIpc) is 1.21. The molecule has 0 saturated carbocycles. The Morgan fingerprint density at radius 1 is 0.296 bits per heavy atom. The van der Waals surface area contributed by atoms with E-state index in [1.54, 1.807) is 0 Å². The van der Waals surface area contributed by atoms with E-state index in [2.05, 4.69) is 48.5 Å². The molecule has 0 saturated heterocycles. The van der Waals surface area contributed by atoms with E-state index in [-0.39, 0.29) is 25.7 Å². The van der Waals surface area contributed by atoms with Crippen LogP contribution in [-0.2, 0) is 65.4 Å². The monoisotopic (exact) mass is 1440 g/mol. The standard InChI is InChI=1S/C79H154O17P2/c1-8-11-12-13-14-39-46-53-60-76(81)89-66-74(95-79(84)63-56-49-42-35-29-23-24-30-36-43-50-57-70(4)5)68-93-97(85,86)91-64-73(80)65-92-98(87,88)94-69-75(96-78(83)62-55-48-41-34-28-22-18-16-20-26-32-38-45-52-59-72(7)10-3)67-90-77(82)61-54-47-40-33-27-21-17-15-19-25-31-37-44-51-58-71(6)9-2/h70-75,80H,8-69H2,1-7H3,(H,85,86)(H,87,88)/t71?,72?,73-,74+,75+/m0/s1. The van der Waals surface area contributed by atoms with Crippen molar-refractivity contribution >= 4 is 39.5 Å². The number of phosphoric acid groups is 2. The van der Waals surface area contributed by atoms with E-state index in [1.165, 1.54) is 212 Å². The summed E-state index contributed by atoms with van der Waals surface area (Å²) in [4.78, 5) is 72.9. The largest absolute Gasteiger partial charge is 0.472 e. The summed E-state index contributed by atoms with van der Waals surface area (Å²) in [5.41, 5.74) is 0. The number of unbranched alkanes of at least 4 members (excludes halogenated alkanes) is 43. The van der Waals surface area contributed by atoms with Gasteiger partial charge in [-0.2, -0.15) is 0 Å². The number of hydrogen-bond donors (Lipinski definition) is 3. The maximum Gasteiger partial charge on any atom is 0.472 e. The molecule has 0 aliphatic carbocycles. The minimum Gasteiger partial charge on any atom is -0.462 e. The topological polar surface area (TPSA) is 237 Å². The second-order valence-electron chi connectivity index (χ2n) is 29.4. The molecule has 3 N–H and O–H groups in total. The van der Waals surface area contributed by atoms with Gasteiger partial charge in [0.05, 0.1) is 26.4 Å². The Kier molecular flexibility index (Phi) is 68.1. The highest BCUT2D eigenvalue weighted by molar-refractivity contribution is 7.47. The van der Waals surface area contributed by atoms with E-state index in [0.29, 0.717) is 25.7 Å². The molecule has 0 aliphatic rings. The Morgan fingerprint density at radius 2 is 0.520 bits per heavy atom. The van der Waals surface area contributed by atoms with E-state index in [4.69, 9.17) is 37.0 Å². The van der Waals surface area contributed by atoms with Gasteiger partial charge in [0.1, 0.15) is 19.3 Å². The lowest BCUT2D eigenvalue weighted by Gasteiger charge is -2.21. The summed E-state index contributed by atoms with van der Waals surface area (Å²) in [6, 6.07) is 0. The van der Waals surface area contributed by atoms with Crippen LogP contribution in [0.1, 0.15) is 408 Å². The van der Waals surface area contributed by atoms with Gasteiger partial charge in [0.15, 0.2) is 12.2 Å². The van der Waals surface area contributed by atoms with Crippen molar-refractivity contribution in [1.29, 1.82) is 0 Å². The van der Waals surface area contributed by atoms with Crippen molar-refractivity contribution in [3.05, 3.63) is 0 Å². The Hall–Kier alpha value is -1.94. The van der Waals surface area contributed by atoms with Gasteiger partial charge in [0, 0.05) is 25.7 Å². The molecule has 0 heterocycles. The van der Waals surface area contributed by atoms with Crippen molar-refractivity contribution in [2.75, 3.05) is 39.6 Å². The molecule has 19 heteroatoms. The molecular weight excluding hydrogens is 1280 g/mol. The van der Waals surface area contributed by atoms with Crippen molar-refractivity contribution in [3.8, 4) is 0 Å². The van der Waals surface area contributed by atoms with E-state index in [9.17, 15) is 43.2 Å². The van der Waals surface area contributed by atoms with E-state index < -0.39 is 97.5 Å². The Morgan fingerprint density at radius 3 is 0.776 bits per heavy atom. The smallest absolute Gasteiger partial charge is 0.462 e. The molecular formula is C79H154O17P2. The molecule has 582 valence electrons. The number of hydrogen-bond acceptors (Lipinski definition) is 15. The molecule has 0 aliphatic heterocycles. The molecule has 98 heavy (non-hydrogen) atoms. The zero-order valence-electron chi connectivity index (χ0n) is 64.3. The van der Waals surface area contributed by atoms with Gasteiger partial charge < -0.3 is 33.8 Å². The minimum atomic E-state index is -4.96. The van der Waals surface area contributed by atoms with Gasteiger partial charge in [0.2, 0.25) is 0 Å². The minimum absolute atomic E-state index is 0.106. The van der Waals surface area contributed by atoms with Crippen LogP contribution in [0.15, 0.2) is 0 Å². The zero-order valence-corrected chi connectivity index (χ0v) is 66.0. The number of ether oxygens (including phenoxy) is 4. The van der Waals surface area contributed by atoms with Crippen molar-refractivity contribution in [3.63, 3.8) is 0 Å². The zero-order chi connectivity index (χ0) is 72.3. The molecule has 0 bridgehead atoms. The number of carbonyl (C=O) groups is 4. The third kappa shape index (κ3) is 69.8. The quantitative estimate of drug-likeness (QED) is 0.0222. The molecule has 0 aromatic carbocycles. The molecule has 0 rings (SSSR count). The van der Waals surface area contributed by atoms with Crippen LogP contribution >= 0.6 is 15.6 Å². The summed E-state index contributed by atoms with van der Waals surface area (Å²) >= 11 is 0. The van der Waals surface area contributed by atoms with Gasteiger partial charge in [-0.3, -0.25) is 37.3 Å². The second kappa shape index (κ2) is 69.4. The lowest BCUT2D eigenvalue weighted by atomic mass is 9.99. The van der Waals surface area contributed by atoms with Crippen molar-refractivity contribution in [1.82, 2.24) is 0 Å². The van der Waals surface area contributed by atoms with Crippen molar-refractivity contribution < 1.29 is 80.2 Å². The van der Waals surface area contributed by atoms with Crippen LogP contribution in [-0.4, -0.2) is 96.7 Å². The normalized spacial score (nSPS) is 14.6. The van der Waals surface area contributed by atoms with Crippen molar-refractivity contribution in [2.45, 2.75) is 426 Å². The summed E-state index contributed by atoms with van der Waals surface area (Å²) < 4.78 is 68.6. The van der Waals surface area contributed by atoms with Crippen LogP contribution in [0, 0.1) is 17.8 Å². The number of phosphoric ester groups is 2. The average molecular weight is 1440 g/mol. The van der Waals surface area contributed by atoms with Gasteiger partial charge in [-0.1, -0.05) is 357 Å². The third-order valence-electron chi connectivity index (χ3n) is 19.1. The highest BCUT2D eigenvalue weighted by atomic mass is 31.2. The Labute approximate surface area is 600 Å². The summed E-state index contributed by atoms with van der Waals surface area (Å²) in [7, 11) is -9.91. The lowest BCUT2D eigenvalue weighted by Crippen LogP contribution is -2.30. The Balaban J connectivity index is 5.22. The summed E-state index contributed by atoms with van der Waals surface area (Å²) in [6.07, 6.45) is 56.8. The second-order valence-corrected chi connectivity index (χ2v) is 32.3. The fourth-order valence-electron chi connectivity index (χ4n) is 12.1. The van der Waals surface area contributed by atoms with E-state index >= 15 is 0 Å². The number of esters is 4. The summed E-state index contributed by atoms with van der Waals surface area (Å²) in [6.45, 7) is 12.0. The molecule has 0 amide bonds. The van der Waals surface area contributed by atoms with Gasteiger partial charge in [-0.05, 0) is 43.4 Å². The first kappa shape index (κ1) is 96.1. The lowest BCUT2D eigenvalue weighted by molar-refractivity contribution is -0.161. The van der Waals surface area contributed by atoms with Crippen LogP contribution < -0.4 is 0 Å². The summed E-state index contributed by atoms with van der Waals surface area (Å²) in [5.74, 6) is 0.346. The van der Waals surface area contributed by atoms with Crippen LogP contribution in [0.4, 0.5) is 0 Å². The van der Waals surface area contributed by atoms with Crippen LogP contribution in [0.2, 0.25) is 0 Å². The molecule has 0 fully saturated rings. The van der Waals surface area contributed by atoms with Crippen LogP contribution in [0.25, 0.3) is 0 Å². The van der Waals surface area contributed by atoms with Gasteiger partial charge in [-0.25, -0.2) is 9.13 Å².